The van der Waals surface area contributed by atoms with Crippen LogP contribution in [0.4, 0.5) is 13.2 Å². The van der Waals surface area contributed by atoms with Gasteiger partial charge in [-0.15, -0.1) is 0 Å². The summed E-state index contributed by atoms with van der Waals surface area (Å²) in [6, 6.07) is 6.49. The van der Waals surface area contributed by atoms with Crippen molar-refractivity contribution in [2.45, 2.75) is 12.5 Å². The van der Waals surface area contributed by atoms with E-state index in [1.165, 1.54) is 12.1 Å². The van der Waals surface area contributed by atoms with E-state index in [-0.39, 0.29) is 17.0 Å². The zero-order valence-corrected chi connectivity index (χ0v) is 10.5. The molecule has 1 N–H and O–H groups in total. The van der Waals surface area contributed by atoms with Gasteiger partial charge >= 0.3 is 0 Å². The molecular weight excluding hydrogens is 277 g/mol. The molecule has 2 aromatic rings. The largest absolute Gasteiger partial charge is 0.388 e. The van der Waals surface area contributed by atoms with Crippen LogP contribution in [-0.2, 0) is 6.42 Å². The maximum absolute atomic E-state index is 13.5. The lowest BCUT2D eigenvalue weighted by Gasteiger charge is -2.13. The number of aliphatic hydroxyl groups is 1. The van der Waals surface area contributed by atoms with Gasteiger partial charge in [-0.1, -0.05) is 11.6 Å². The normalized spacial score (nSPS) is 12.5. The highest BCUT2D eigenvalue weighted by Gasteiger charge is 2.16. The average molecular weight is 287 g/mol. The van der Waals surface area contributed by atoms with Crippen LogP contribution in [0.5, 0.6) is 0 Å². The Kier molecular flexibility index (Phi) is 4.12. The predicted molar refractivity (Wildman–Crippen MR) is 66.4 cm³/mol. The van der Waals surface area contributed by atoms with Crippen LogP contribution in [-0.4, -0.2) is 5.11 Å². The maximum atomic E-state index is 13.5. The fourth-order valence-corrected chi connectivity index (χ4v) is 1.98. The Hall–Kier alpha value is -1.52. The highest BCUT2D eigenvalue weighted by Crippen LogP contribution is 2.26. The lowest BCUT2D eigenvalue weighted by molar-refractivity contribution is 0.173. The van der Waals surface area contributed by atoms with E-state index in [0.717, 1.165) is 24.3 Å². The lowest BCUT2D eigenvalue weighted by atomic mass is 10.0. The molecule has 1 unspecified atom stereocenters. The van der Waals surface area contributed by atoms with Gasteiger partial charge in [0.1, 0.15) is 17.5 Å². The standard InChI is InChI=1S/C14H10ClF3O/c15-12-3-1-9(16)5-8(12)6-14(19)11-7-10(17)2-4-13(11)18/h1-5,7,14,19H,6H2. The Morgan fingerprint density at radius 3 is 2.37 bits per heavy atom. The van der Waals surface area contributed by atoms with Crippen molar-refractivity contribution in [1.29, 1.82) is 0 Å². The molecular formula is C14H10ClF3O. The minimum absolute atomic E-state index is 0.100. The average Bonchev–Trinajstić information content (AvgIpc) is 2.36. The minimum Gasteiger partial charge on any atom is -0.388 e. The third-order valence-electron chi connectivity index (χ3n) is 2.74. The van der Waals surface area contributed by atoms with Gasteiger partial charge in [0.2, 0.25) is 0 Å². The number of hydrogen-bond donors (Lipinski definition) is 1. The van der Waals surface area contributed by atoms with Crippen LogP contribution in [0.3, 0.4) is 0 Å². The van der Waals surface area contributed by atoms with E-state index in [9.17, 15) is 18.3 Å². The Morgan fingerprint density at radius 1 is 1.00 bits per heavy atom. The van der Waals surface area contributed by atoms with Gasteiger partial charge in [0.25, 0.3) is 0 Å². The molecule has 1 nitrogen and oxygen atoms in total. The first kappa shape index (κ1) is 13.9. The third-order valence-corrected chi connectivity index (χ3v) is 3.11. The van der Waals surface area contributed by atoms with Crippen molar-refractivity contribution < 1.29 is 18.3 Å². The van der Waals surface area contributed by atoms with Gasteiger partial charge in [-0.3, -0.25) is 0 Å². The quantitative estimate of drug-likeness (QED) is 0.903. The van der Waals surface area contributed by atoms with Crippen LogP contribution >= 0.6 is 11.6 Å². The summed E-state index contributed by atoms with van der Waals surface area (Å²) >= 11 is 5.85. The van der Waals surface area contributed by atoms with Crippen molar-refractivity contribution >= 4 is 11.6 Å². The molecule has 0 saturated carbocycles. The summed E-state index contributed by atoms with van der Waals surface area (Å²) in [6.45, 7) is 0. The molecule has 0 aliphatic carbocycles. The van der Waals surface area contributed by atoms with Crippen LogP contribution in [0, 0.1) is 17.5 Å². The van der Waals surface area contributed by atoms with Crippen molar-refractivity contribution in [3.8, 4) is 0 Å². The van der Waals surface area contributed by atoms with Gasteiger partial charge in [-0.25, -0.2) is 13.2 Å². The molecule has 0 aliphatic rings. The zero-order chi connectivity index (χ0) is 14.0. The fourth-order valence-electron chi connectivity index (χ4n) is 1.79. The van der Waals surface area contributed by atoms with Crippen LogP contribution in [0.2, 0.25) is 5.02 Å². The van der Waals surface area contributed by atoms with Gasteiger partial charge in [0, 0.05) is 17.0 Å². The summed E-state index contributed by atoms with van der Waals surface area (Å²) in [5.74, 6) is -1.88. The van der Waals surface area contributed by atoms with Gasteiger partial charge in [0.15, 0.2) is 0 Å². The molecule has 0 saturated heterocycles. The first-order valence-corrected chi connectivity index (χ1v) is 5.92. The second-order valence-corrected chi connectivity index (χ2v) is 4.53. The van der Waals surface area contributed by atoms with Crippen LogP contribution in [0.25, 0.3) is 0 Å². The molecule has 0 bridgehead atoms. The molecule has 0 aliphatic heterocycles. The summed E-state index contributed by atoms with van der Waals surface area (Å²) in [4.78, 5) is 0. The number of hydrogen-bond acceptors (Lipinski definition) is 1. The summed E-state index contributed by atoms with van der Waals surface area (Å²) < 4.78 is 39.6. The monoisotopic (exact) mass is 286 g/mol. The van der Waals surface area contributed by atoms with E-state index in [1.807, 2.05) is 0 Å². The number of halogens is 4. The van der Waals surface area contributed by atoms with Crippen LogP contribution < -0.4 is 0 Å². The molecule has 5 heteroatoms. The van der Waals surface area contributed by atoms with E-state index in [1.54, 1.807) is 0 Å². The van der Waals surface area contributed by atoms with E-state index >= 15 is 0 Å². The van der Waals surface area contributed by atoms with Crippen molar-refractivity contribution in [3.63, 3.8) is 0 Å². The molecule has 0 radical (unpaired) electrons. The van der Waals surface area contributed by atoms with Crippen LogP contribution in [0.1, 0.15) is 17.2 Å². The summed E-state index contributed by atoms with van der Waals surface area (Å²) in [7, 11) is 0. The topological polar surface area (TPSA) is 20.2 Å². The third kappa shape index (κ3) is 3.28. The van der Waals surface area contributed by atoms with Crippen molar-refractivity contribution in [2.24, 2.45) is 0 Å². The zero-order valence-electron chi connectivity index (χ0n) is 9.71. The van der Waals surface area contributed by atoms with E-state index in [4.69, 9.17) is 11.6 Å². The molecule has 0 heterocycles. The van der Waals surface area contributed by atoms with Gasteiger partial charge < -0.3 is 5.11 Å². The SMILES string of the molecule is OC(Cc1cc(F)ccc1Cl)c1cc(F)ccc1F. The maximum Gasteiger partial charge on any atom is 0.129 e. The van der Waals surface area contributed by atoms with E-state index in [0.29, 0.717) is 5.56 Å². The van der Waals surface area contributed by atoms with E-state index in [2.05, 4.69) is 0 Å². The highest BCUT2D eigenvalue weighted by atomic mass is 35.5. The number of benzene rings is 2. The summed E-state index contributed by atoms with van der Waals surface area (Å²) in [5.41, 5.74) is 0.151. The molecule has 19 heavy (non-hydrogen) atoms. The second-order valence-electron chi connectivity index (χ2n) is 4.12. The van der Waals surface area contributed by atoms with Gasteiger partial charge in [-0.05, 0) is 42.0 Å². The summed E-state index contributed by atoms with van der Waals surface area (Å²) in [5, 5.41) is 10.2. The smallest absolute Gasteiger partial charge is 0.129 e. The first-order valence-electron chi connectivity index (χ1n) is 5.54. The van der Waals surface area contributed by atoms with Gasteiger partial charge in [-0.2, -0.15) is 0 Å². The first-order chi connectivity index (χ1) is 8.97. The van der Waals surface area contributed by atoms with Gasteiger partial charge in [0.05, 0.1) is 6.10 Å². The molecule has 0 spiro atoms. The minimum atomic E-state index is -1.30. The number of rotatable bonds is 3. The van der Waals surface area contributed by atoms with Crippen LogP contribution in [0.15, 0.2) is 36.4 Å². The van der Waals surface area contributed by atoms with Crippen molar-refractivity contribution in [3.05, 3.63) is 70.0 Å². The molecule has 1 atom stereocenters. The van der Waals surface area contributed by atoms with Crippen molar-refractivity contribution in [2.75, 3.05) is 0 Å². The molecule has 0 aromatic heterocycles. The second kappa shape index (κ2) is 5.63. The molecule has 100 valence electrons. The Balaban J connectivity index is 2.27. The number of aliphatic hydroxyl groups excluding tert-OH is 1. The van der Waals surface area contributed by atoms with Crippen molar-refractivity contribution in [1.82, 2.24) is 0 Å². The Bertz CT molecular complexity index is 601. The summed E-state index contributed by atoms with van der Waals surface area (Å²) in [6.07, 6.45) is -1.40. The lowest BCUT2D eigenvalue weighted by Crippen LogP contribution is -2.05. The van der Waals surface area contributed by atoms with E-state index < -0.39 is 23.6 Å². The fraction of sp³-hybridized carbons (Fsp3) is 0.143. The Morgan fingerprint density at radius 2 is 1.63 bits per heavy atom. The molecule has 2 rings (SSSR count). The molecule has 2 aromatic carbocycles. The Labute approximate surface area is 113 Å². The molecule has 0 fully saturated rings. The highest BCUT2D eigenvalue weighted by molar-refractivity contribution is 6.31. The predicted octanol–water partition coefficient (Wildman–Crippen LogP) is 4.03. The molecule has 0 amide bonds.